The van der Waals surface area contributed by atoms with Gasteiger partial charge in [0.25, 0.3) is 0 Å². The van der Waals surface area contributed by atoms with E-state index < -0.39 is 7.60 Å². The molecule has 0 spiro atoms. The molecule has 1 rings (SSSR count). The van der Waals surface area contributed by atoms with Crippen LogP contribution in [-0.2, 0) is 4.57 Å². The van der Waals surface area contributed by atoms with E-state index in [1.54, 1.807) is 6.07 Å². The second-order valence-corrected chi connectivity index (χ2v) is 5.29. The third-order valence-electron chi connectivity index (χ3n) is 1.27. The molecule has 0 aliphatic rings. The smallest absolute Gasteiger partial charge is 0.320 e. The van der Waals surface area contributed by atoms with Crippen LogP contribution in [0.1, 0.15) is 18.2 Å². The summed E-state index contributed by atoms with van der Waals surface area (Å²) >= 11 is 1.04. The normalized spacial score (nSPS) is 10.7. The molecule has 5 heteroatoms. The molecule has 0 aromatic carbocycles. The van der Waals surface area contributed by atoms with Crippen LogP contribution in [0.2, 0.25) is 0 Å². The molecule has 0 radical (unpaired) electrons. The van der Waals surface area contributed by atoms with Crippen LogP contribution in [0.4, 0.5) is 0 Å². The van der Waals surface area contributed by atoms with Crippen molar-refractivity contribution in [2.45, 2.75) is 13.3 Å². The summed E-state index contributed by atoms with van der Waals surface area (Å²) in [5.41, 5.74) is 0. The molecule has 0 aliphatic carbocycles. The lowest BCUT2D eigenvalue weighted by atomic mass is 10.4. The SMILES string of the molecule is CCC#Cc1ccc(P(=O)(O)O)s1. The first kappa shape index (κ1) is 10.5. The largest absolute Gasteiger partial charge is 0.366 e. The molecule has 70 valence electrons. The maximum Gasteiger partial charge on any atom is 0.366 e. The Kier molecular flexibility index (Phi) is 3.29. The van der Waals surface area contributed by atoms with Gasteiger partial charge in [-0.1, -0.05) is 18.8 Å². The summed E-state index contributed by atoms with van der Waals surface area (Å²) in [6.07, 6.45) is 0.739. The van der Waals surface area contributed by atoms with Crippen LogP contribution in [0.25, 0.3) is 0 Å². The molecule has 13 heavy (non-hydrogen) atoms. The highest BCUT2D eigenvalue weighted by Gasteiger charge is 2.18. The fourth-order valence-electron chi connectivity index (χ4n) is 0.727. The summed E-state index contributed by atoms with van der Waals surface area (Å²) in [4.78, 5) is 18.3. The van der Waals surface area contributed by atoms with Crippen LogP contribution in [0, 0.1) is 11.8 Å². The molecule has 0 amide bonds. The molecule has 1 aromatic heterocycles. The highest BCUT2D eigenvalue weighted by Crippen LogP contribution is 2.35. The second-order valence-electron chi connectivity index (χ2n) is 2.34. The van der Waals surface area contributed by atoms with Gasteiger partial charge in [0.2, 0.25) is 0 Å². The Bertz CT molecular complexity index is 393. The van der Waals surface area contributed by atoms with Gasteiger partial charge in [-0.3, -0.25) is 4.57 Å². The summed E-state index contributed by atoms with van der Waals surface area (Å²) in [6.45, 7) is 1.92. The lowest BCUT2D eigenvalue weighted by Gasteiger charge is -1.96. The Labute approximate surface area is 80.6 Å². The van der Waals surface area contributed by atoms with Crippen molar-refractivity contribution in [3.63, 3.8) is 0 Å². The van der Waals surface area contributed by atoms with E-state index in [2.05, 4.69) is 11.8 Å². The van der Waals surface area contributed by atoms with Gasteiger partial charge in [-0.15, -0.1) is 11.3 Å². The highest BCUT2D eigenvalue weighted by molar-refractivity contribution is 7.67. The van der Waals surface area contributed by atoms with E-state index in [1.165, 1.54) is 6.07 Å². The number of thiophene rings is 1. The third-order valence-corrected chi connectivity index (χ3v) is 3.78. The van der Waals surface area contributed by atoms with Gasteiger partial charge in [-0.05, 0) is 12.1 Å². The van der Waals surface area contributed by atoms with Crippen LogP contribution >= 0.6 is 18.9 Å². The molecule has 2 N–H and O–H groups in total. The summed E-state index contributed by atoms with van der Waals surface area (Å²) < 4.78 is 10.9. The van der Waals surface area contributed by atoms with Gasteiger partial charge in [0.15, 0.2) is 0 Å². The highest BCUT2D eigenvalue weighted by atomic mass is 32.1. The maximum absolute atomic E-state index is 10.8. The molecule has 0 saturated carbocycles. The van der Waals surface area contributed by atoms with Crippen molar-refractivity contribution in [1.29, 1.82) is 0 Å². The first-order valence-corrected chi connectivity index (χ1v) is 6.11. The van der Waals surface area contributed by atoms with Crippen LogP contribution in [0.5, 0.6) is 0 Å². The summed E-state index contributed by atoms with van der Waals surface area (Å²) in [5.74, 6) is 5.65. The fraction of sp³-hybridized carbons (Fsp3) is 0.250. The van der Waals surface area contributed by atoms with Crippen molar-refractivity contribution in [3.05, 3.63) is 17.0 Å². The van der Waals surface area contributed by atoms with Gasteiger partial charge < -0.3 is 9.79 Å². The van der Waals surface area contributed by atoms with Crippen molar-refractivity contribution in [1.82, 2.24) is 0 Å². The van der Waals surface area contributed by atoms with Crippen molar-refractivity contribution < 1.29 is 14.4 Å². The van der Waals surface area contributed by atoms with Gasteiger partial charge in [0.05, 0.1) is 4.88 Å². The first-order chi connectivity index (χ1) is 6.04. The zero-order chi connectivity index (χ0) is 9.90. The molecule has 0 saturated heterocycles. The van der Waals surface area contributed by atoms with Gasteiger partial charge in [0, 0.05) is 6.42 Å². The molecule has 0 bridgehead atoms. The lowest BCUT2D eigenvalue weighted by Crippen LogP contribution is -1.94. The monoisotopic (exact) mass is 216 g/mol. The molecular formula is C8H9O3PS. The third kappa shape index (κ3) is 2.98. The molecule has 0 unspecified atom stereocenters. The van der Waals surface area contributed by atoms with E-state index in [0.29, 0.717) is 4.88 Å². The first-order valence-electron chi connectivity index (χ1n) is 3.69. The van der Waals surface area contributed by atoms with Crippen molar-refractivity contribution in [3.8, 4) is 11.8 Å². The summed E-state index contributed by atoms with van der Waals surface area (Å²) in [6, 6.07) is 3.05. The van der Waals surface area contributed by atoms with Crippen LogP contribution < -0.4 is 4.62 Å². The van der Waals surface area contributed by atoms with Crippen molar-refractivity contribution >= 4 is 23.6 Å². The minimum Gasteiger partial charge on any atom is -0.320 e. The number of hydrogen-bond donors (Lipinski definition) is 2. The van der Waals surface area contributed by atoms with E-state index in [-0.39, 0.29) is 4.62 Å². The molecule has 0 fully saturated rings. The average Bonchev–Trinajstić information content (AvgIpc) is 2.47. The van der Waals surface area contributed by atoms with E-state index in [9.17, 15) is 4.57 Å². The molecule has 0 atom stereocenters. The van der Waals surface area contributed by atoms with E-state index in [1.807, 2.05) is 6.92 Å². The van der Waals surface area contributed by atoms with Crippen LogP contribution in [0.15, 0.2) is 12.1 Å². The van der Waals surface area contributed by atoms with Crippen molar-refractivity contribution in [2.24, 2.45) is 0 Å². The molecular weight excluding hydrogens is 207 g/mol. The molecule has 0 aliphatic heterocycles. The topological polar surface area (TPSA) is 57.5 Å². The predicted molar refractivity (Wildman–Crippen MR) is 53.2 cm³/mol. The molecule has 1 aromatic rings. The minimum absolute atomic E-state index is 0.0768. The van der Waals surface area contributed by atoms with E-state index in [4.69, 9.17) is 9.79 Å². The Morgan fingerprint density at radius 2 is 2.23 bits per heavy atom. The minimum atomic E-state index is -4.08. The Morgan fingerprint density at radius 3 is 2.69 bits per heavy atom. The van der Waals surface area contributed by atoms with Gasteiger partial charge in [0.1, 0.15) is 4.62 Å². The number of rotatable bonds is 1. The van der Waals surface area contributed by atoms with Gasteiger partial charge in [-0.2, -0.15) is 0 Å². The lowest BCUT2D eigenvalue weighted by molar-refractivity contribution is 0.388. The zero-order valence-corrected chi connectivity index (χ0v) is 8.73. The van der Waals surface area contributed by atoms with Crippen LogP contribution in [0.3, 0.4) is 0 Å². The van der Waals surface area contributed by atoms with Gasteiger partial charge >= 0.3 is 7.60 Å². The number of hydrogen-bond acceptors (Lipinski definition) is 2. The molecule has 1 heterocycles. The zero-order valence-electron chi connectivity index (χ0n) is 7.02. The van der Waals surface area contributed by atoms with Crippen molar-refractivity contribution in [2.75, 3.05) is 0 Å². The van der Waals surface area contributed by atoms with E-state index >= 15 is 0 Å². The molecule has 3 nitrogen and oxygen atoms in total. The Balaban J connectivity index is 2.94. The average molecular weight is 216 g/mol. The summed E-state index contributed by atoms with van der Waals surface area (Å²) in [7, 11) is -4.08. The van der Waals surface area contributed by atoms with E-state index in [0.717, 1.165) is 17.8 Å². The van der Waals surface area contributed by atoms with Gasteiger partial charge in [-0.25, -0.2) is 0 Å². The maximum atomic E-state index is 10.8. The Morgan fingerprint density at radius 1 is 1.54 bits per heavy atom. The summed E-state index contributed by atoms with van der Waals surface area (Å²) in [5, 5.41) is 0. The fourth-order valence-corrected chi connectivity index (χ4v) is 2.39. The standard InChI is InChI=1S/C8H9O3PS/c1-2-3-4-7-5-6-8(13-7)12(9,10)11/h5-6H,2H2,1H3,(H2,9,10,11). The second kappa shape index (κ2) is 4.08. The quantitative estimate of drug-likeness (QED) is 0.549. The Hall–Kier alpha value is -0.590. The predicted octanol–water partition coefficient (Wildman–Crippen LogP) is 1.31. The van der Waals surface area contributed by atoms with Crippen LogP contribution in [-0.4, -0.2) is 9.79 Å².